The lowest BCUT2D eigenvalue weighted by molar-refractivity contribution is 0.416. The number of rotatable bonds is 4. The van der Waals surface area contributed by atoms with Crippen LogP contribution in [0.3, 0.4) is 0 Å². The Morgan fingerprint density at radius 3 is 3.10 bits per heavy atom. The van der Waals surface area contributed by atoms with Gasteiger partial charge in [0, 0.05) is 10.9 Å². The molecule has 1 unspecified atom stereocenters. The number of benzene rings is 1. The van der Waals surface area contributed by atoms with E-state index in [9.17, 15) is 0 Å². The molecule has 1 aliphatic rings. The Kier molecular flexibility index (Phi) is 4.48. The molecule has 0 bridgehead atoms. The van der Waals surface area contributed by atoms with Gasteiger partial charge in [-0.2, -0.15) is 0 Å². The molecule has 0 spiro atoms. The van der Waals surface area contributed by atoms with Gasteiger partial charge in [0.05, 0.1) is 23.4 Å². The summed E-state index contributed by atoms with van der Waals surface area (Å²) in [4.78, 5) is 6.20. The van der Waals surface area contributed by atoms with Crippen molar-refractivity contribution in [2.75, 3.05) is 13.7 Å². The van der Waals surface area contributed by atoms with E-state index in [1.54, 1.807) is 18.4 Å². The smallest absolute Gasteiger partial charge is 0.130 e. The van der Waals surface area contributed by atoms with E-state index in [1.165, 1.54) is 23.4 Å². The molecular formula is C16H19ClN2OS. The van der Waals surface area contributed by atoms with Gasteiger partial charge in [0.15, 0.2) is 0 Å². The van der Waals surface area contributed by atoms with Crippen LogP contribution in [-0.4, -0.2) is 18.6 Å². The van der Waals surface area contributed by atoms with E-state index in [0.717, 1.165) is 29.3 Å². The van der Waals surface area contributed by atoms with Gasteiger partial charge >= 0.3 is 0 Å². The number of aromatic nitrogens is 1. The molecule has 21 heavy (non-hydrogen) atoms. The number of ether oxygens (including phenoxy) is 1. The van der Waals surface area contributed by atoms with E-state index < -0.39 is 0 Å². The number of thiazole rings is 1. The molecule has 0 saturated carbocycles. The van der Waals surface area contributed by atoms with Crippen molar-refractivity contribution in [3.8, 4) is 16.3 Å². The highest BCUT2D eigenvalue weighted by molar-refractivity contribution is 7.15. The van der Waals surface area contributed by atoms with Gasteiger partial charge in [0.25, 0.3) is 0 Å². The first-order chi connectivity index (χ1) is 10.2. The van der Waals surface area contributed by atoms with Gasteiger partial charge in [-0.25, -0.2) is 4.98 Å². The fraction of sp³-hybridized carbons (Fsp3) is 0.438. The average molecular weight is 323 g/mol. The zero-order valence-electron chi connectivity index (χ0n) is 12.3. The minimum absolute atomic E-state index is 0.429. The van der Waals surface area contributed by atoms with Crippen molar-refractivity contribution in [1.82, 2.24) is 10.3 Å². The van der Waals surface area contributed by atoms with Crippen molar-refractivity contribution in [3.63, 3.8) is 0 Å². The quantitative estimate of drug-likeness (QED) is 0.902. The number of nitrogens with zero attached hydrogens (tertiary/aromatic N) is 1. The van der Waals surface area contributed by atoms with Crippen LogP contribution < -0.4 is 10.1 Å². The lowest BCUT2D eigenvalue weighted by atomic mass is 9.98. The Morgan fingerprint density at radius 2 is 2.33 bits per heavy atom. The van der Waals surface area contributed by atoms with E-state index >= 15 is 0 Å². The van der Waals surface area contributed by atoms with Gasteiger partial charge in [-0.3, -0.25) is 0 Å². The Hall–Kier alpha value is -1.10. The summed E-state index contributed by atoms with van der Waals surface area (Å²) in [5.74, 6) is 0.786. The molecule has 0 aliphatic heterocycles. The monoisotopic (exact) mass is 322 g/mol. The van der Waals surface area contributed by atoms with E-state index in [2.05, 4.69) is 12.2 Å². The van der Waals surface area contributed by atoms with Crippen molar-refractivity contribution in [2.24, 2.45) is 0 Å². The summed E-state index contributed by atoms with van der Waals surface area (Å²) in [6.07, 6.45) is 3.43. The maximum Gasteiger partial charge on any atom is 0.130 e. The van der Waals surface area contributed by atoms with E-state index in [1.807, 2.05) is 18.2 Å². The van der Waals surface area contributed by atoms with Crippen molar-refractivity contribution < 1.29 is 4.74 Å². The lowest BCUT2D eigenvalue weighted by Gasteiger charge is -2.21. The average Bonchev–Trinajstić information content (AvgIpc) is 2.91. The first-order valence-electron chi connectivity index (χ1n) is 7.30. The molecule has 0 amide bonds. The molecule has 3 nitrogen and oxygen atoms in total. The third kappa shape index (κ3) is 2.80. The molecule has 0 saturated heterocycles. The largest absolute Gasteiger partial charge is 0.496 e. The van der Waals surface area contributed by atoms with Gasteiger partial charge in [-0.1, -0.05) is 24.6 Å². The van der Waals surface area contributed by atoms with Gasteiger partial charge in [-0.05, 0) is 37.9 Å². The summed E-state index contributed by atoms with van der Waals surface area (Å²) in [7, 11) is 1.67. The van der Waals surface area contributed by atoms with Gasteiger partial charge < -0.3 is 10.1 Å². The molecule has 1 atom stereocenters. The topological polar surface area (TPSA) is 34.2 Å². The number of hydrogen-bond acceptors (Lipinski definition) is 4. The molecule has 2 aromatic rings. The normalized spacial score (nSPS) is 17.6. The maximum absolute atomic E-state index is 6.37. The highest BCUT2D eigenvalue weighted by atomic mass is 35.5. The second-order valence-electron chi connectivity index (χ2n) is 5.15. The molecule has 112 valence electrons. The van der Waals surface area contributed by atoms with Gasteiger partial charge in [0.1, 0.15) is 10.8 Å². The Bertz CT molecular complexity index is 641. The first-order valence-corrected chi connectivity index (χ1v) is 8.50. The minimum atomic E-state index is 0.429. The van der Waals surface area contributed by atoms with Crippen molar-refractivity contribution in [2.45, 2.75) is 32.2 Å². The minimum Gasteiger partial charge on any atom is -0.496 e. The van der Waals surface area contributed by atoms with Gasteiger partial charge in [-0.15, -0.1) is 11.3 Å². The third-order valence-electron chi connectivity index (χ3n) is 3.81. The number of fused-ring (bicyclic) bond motifs is 1. The molecule has 1 aromatic heterocycles. The summed E-state index contributed by atoms with van der Waals surface area (Å²) >= 11 is 8.12. The van der Waals surface area contributed by atoms with Crippen molar-refractivity contribution in [3.05, 3.63) is 33.8 Å². The van der Waals surface area contributed by atoms with Crippen LogP contribution in [0.25, 0.3) is 10.6 Å². The number of aryl methyl sites for hydroxylation is 1. The van der Waals surface area contributed by atoms with Crippen LogP contribution in [0, 0.1) is 0 Å². The maximum atomic E-state index is 6.37. The Morgan fingerprint density at radius 1 is 1.48 bits per heavy atom. The molecule has 1 aliphatic carbocycles. The Balaban J connectivity index is 2.06. The summed E-state index contributed by atoms with van der Waals surface area (Å²) in [6, 6.07) is 6.16. The molecule has 3 rings (SSSR count). The fourth-order valence-electron chi connectivity index (χ4n) is 2.85. The summed E-state index contributed by atoms with van der Waals surface area (Å²) in [5, 5.41) is 5.21. The number of methoxy groups -OCH3 is 1. The lowest BCUT2D eigenvalue weighted by Crippen LogP contribution is -2.23. The molecule has 5 heteroatoms. The fourth-order valence-corrected chi connectivity index (χ4v) is 4.45. The molecule has 0 fully saturated rings. The van der Waals surface area contributed by atoms with Crippen molar-refractivity contribution >= 4 is 22.9 Å². The molecule has 1 N–H and O–H groups in total. The highest BCUT2D eigenvalue weighted by Crippen LogP contribution is 2.43. The van der Waals surface area contributed by atoms with Gasteiger partial charge in [0.2, 0.25) is 0 Å². The van der Waals surface area contributed by atoms with Crippen LogP contribution in [-0.2, 0) is 6.42 Å². The molecular weight excluding hydrogens is 304 g/mol. The van der Waals surface area contributed by atoms with Crippen LogP contribution in [0.4, 0.5) is 0 Å². The van der Waals surface area contributed by atoms with Crippen molar-refractivity contribution in [1.29, 1.82) is 0 Å². The zero-order valence-corrected chi connectivity index (χ0v) is 13.9. The second-order valence-corrected chi connectivity index (χ2v) is 6.59. The van der Waals surface area contributed by atoms with Crippen LogP contribution in [0.5, 0.6) is 5.75 Å². The van der Waals surface area contributed by atoms with Crippen LogP contribution >= 0.6 is 22.9 Å². The van der Waals surface area contributed by atoms with E-state index in [0.29, 0.717) is 11.1 Å². The summed E-state index contributed by atoms with van der Waals surface area (Å²) in [5.41, 5.74) is 2.13. The SMILES string of the molecule is CCNC1CCCc2nc(-c3c(Cl)cccc3OC)sc21. The predicted molar refractivity (Wildman–Crippen MR) is 88.5 cm³/mol. The number of nitrogens with one attached hydrogen (secondary N) is 1. The first kappa shape index (κ1) is 14.8. The predicted octanol–water partition coefficient (Wildman–Crippen LogP) is 4.46. The van der Waals surface area contributed by atoms with E-state index in [-0.39, 0.29) is 0 Å². The van der Waals surface area contributed by atoms with Crippen LogP contribution in [0.1, 0.15) is 36.4 Å². The summed E-state index contributed by atoms with van der Waals surface area (Å²) in [6.45, 7) is 3.13. The second kappa shape index (κ2) is 6.34. The number of halogens is 1. The molecule has 1 heterocycles. The van der Waals surface area contributed by atoms with Crippen LogP contribution in [0.15, 0.2) is 18.2 Å². The van der Waals surface area contributed by atoms with E-state index in [4.69, 9.17) is 21.3 Å². The highest BCUT2D eigenvalue weighted by Gasteiger charge is 2.25. The molecule has 0 radical (unpaired) electrons. The van der Waals surface area contributed by atoms with Crippen LogP contribution in [0.2, 0.25) is 5.02 Å². The Labute approximate surface area is 134 Å². The standard InChI is InChI=1S/C16H19ClN2OS/c1-3-18-11-7-5-8-12-15(11)21-16(19-12)14-10(17)6-4-9-13(14)20-2/h4,6,9,11,18H,3,5,7-8H2,1-2H3. The third-order valence-corrected chi connectivity index (χ3v) is 5.35. The molecule has 1 aromatic carbocycles. The summed E-state index contributed by atoms with van der Waals surface area (Å²) < 4.78 is 5.45. The zero-order chi connectivity index (χ0) is 14.8. The number of hydrogen-bond donors (Lipinski definition) is 1.